The molecule has 0 amide bonds. The number of pyridine rings is 1. The average molecular weight is 290 g/mol. The van der Waals surface area contributed by atoms with Crippen LogP contribution >= 0.6 is 15.9 Å². The van der Waals surface area contributed by atoms with Gasteiger partial charge in [-0.3, -0.25) is 4.98 Å². The van der Waals surface area contributed by atoms with Gasteiger partial charge in [0.15, 0.2) is 0 Å². The molecule has 2 rings (SSSR count). The number of aromatic nitrogens is 1. The predicted molar refractivity (Wildman–Crippen MR) is 58.7 cm³/mol. The second-order valence-electron chi connectivity index (χ2n) is 3.66. The molecule has 16 heavy (non-hydrogen) atoms. The molecule has 0 saturated carbocycles. The summed E-state index contributed by atoms with van der Waals surface area (Å²) in [7, 11) is 0. The Balaban J connectivity index is 2.26. The fourth-order valence-corrected chi connectivity index (χ4v) is 2.25. The molecule has 0 radical (unpaired) electrons. The molecule has 0 aliphatic carbocycles. The van der Waals surface area contributed by atoms with Crippen LogP contribution in [0, 0.1) is 0 Å². The van der Waals surface area contributed by atoms with Crippen LogP contribution in [-0.2, 0) is 4.74 Å². The number of halogens is 1. The van der Waals surface area contributed by atoms with Gasteiger partial charge in [-0.1, -0.05) is 0 Å². The van der Waals surface area contributed by atoms with Crippen LogP contribution in [0.3, 0.4) is 0 Å². The monoisotopic (exact) mass is 289 g/mol. The molecule has 5 nitrogen and oxygen atoms in total. The highest BCUT2D eigenvalue weighted by molar-refractivity contribution is 9.10. The van der Waals surface area contributed by atoms with Crippen LogP contribution in [0.15, 0.2) is 22.9 Å². The van der Waals surface area contributed by atoms with Gasteiger partial charge in [-0.05, 0) is 22.0 Å². The minimum Gasteiger partial charge on any atom is -0.394 e. The third-order valence-corrected chi connectivity index (χ3v) is 3.32. The molecule has 1 fully saturated rings. The van der Waals surface area contributed by atoms with E-state index in [9.17, 15) is 10.2 Å². The van der Waals surface area contributed by atoms with Crippen molar-refractivity contribution in [1.29, 1.82) is 0 Å². The molecular formula is C10H12BrNO4. The van der Waals surface area contributed by atoms with E-state index in [1.54, 1.807) is 18.5 Å². The van der Waals surface area contributed by atoms with E-state index in [0.29, 0.717) is 10.0 Å². The van der Waals surface area contributed by atoms with Crippen molar-refractivity contribution < 1.29 is 20.1 Å². The van der Waals surface area contributed by atoms with E-state index in [2.05, 4.69) is 20.9 Å². The minimum atomic E-state index is -1.07. The Bertz CT molecular complexity index is 376. The summed E-state index contributed by atoms with van der Waals surface area (Å²) in [4.78, 5) is 3.90. The molecule has 0 spiro atoms. The molecule has 1 aliphatic heterocycles. The molecule has 3 N–H and O–H groups in total. The molecule has 1 saturated heterocycles. The summed E-state index contributed by atoms with van der Waals surface area (Å²) in [5.74, 6) is 0. The van der Waals surface area contributed by atoms with Crippen LogP contribution in [0.4, 0.5) is 0 Å². The molecule has 1 unspecified atom stereocenters. The van der Waals surface area contributed by atoms with Gasteiger partial charge < -0.3 is 20.1 Å². The molecule has 1 aromatic rings. The Hall–Kier alpha value is -0.530. The number of rotatable bonds is 2. The fraction of sp³-hybridized carbons (Fsp3) is 0.500. The van der Waals surface area contributed by atoms with E-state index in [0.717, 1.165) is 0 Å². The van der Waals surface area contributed by atoms with E-state index in [-0.39, 0.29) is 6.61 Å². The zero-order valence-electron chi connectivity index (χ0n) is 8.32. The first-order chi connectivity index (χ1) is 7.65. The molecule has 6 heteroatoms. The van der Waals surface area contributed by atoms with Gasteiger partial charge in [0.2, 0.25) is 0 Å². The minimum absolute atomic E-state index is 0.322. The van der Waals surface area contributed by atoms with Crippen molar-refractivity contribution in [2.24, 2.45) is 0 Å². The SMILES string of the molecule is OC[C@H]1OC(c2ccncc2Br)[C@H](O)[C@@H]1O. The zero-order valence-corrected chi connectivity index (χ0v) is 9.91. The number of ether oxygens (including phenoxy) is 1. The third kappa shape index (κ3) is 1.99. The maximum atomic E-state index is 9.81. The molecule has 0 aromatic carbocycles. The number of hydrogen-bond acceptors (Lipinski definition) is 5. The highest BCUT2D eigenvalue weighted by Gasteiger charge is 2.43. The normalized spacial score (nSPS) is 34.2. The maximum absolute atomic E-state index is 9.81. The first-order valence-corrected chi connectivity index (χ1v) is 5.66. The quantitative estimate of drug-likeness (QED) is 0.714. The van der Waals surface area contributed by atoms with Gasteiger partial charge >= 0.3 is 0 Å². The second kappa shape index (κ2) is 4.77. The van der Waals surface area contributed by atoms with Gasteiger partial charge in [0.25, 0.3) is 0 Å². The zero-order chi connectivity index (χ0) is 11.7. The van der Waals surface area contributed by atoms with Crippen LogP contribution in [0.2, 0.25) is 0 Å². The topological polar surface area (TPSA) is 82.8 Å². The van der Waals surface area contributed by atoms with Crippen LogP contribution in [0.5, 0.6) is 0 Å². The van der Waals surface area contributed by atoms with Crippen LogP contribution in [0.1, 0.15) is 11.7 Å². The number of aliphatic hydroxyl groups is 3. The number of hydrogen-bond donors (Lipinski definition) is 3. The van der Waals surface area contributed by atoms with E-state index in [1.807, 2.05) is 0 Å². The fourth-order valence-electron chi connectivity index (χ4n) is 1.77. The lowest BCUT2D eigenvalue weighted by atomic mass is 10.0. The third-order valence-electron chi connectivity index (χ3n) is 2.65. The van der Waals surface area contributed by atoms with Gasteiger partial charge in [0.05, 0.1) is 6.61 Å². The first-order valence-electron chi connectivity index (χ1n) is 4.87. The standard InChI is InChI=1S/C10H12BrNO4/c11-6-3-12-2-1-5(6)10-9(15)8(14)7(4-13)16-10/h1-3,7-10,13-15H,4H2/t7-,8-,9-,10?/m1/s1. The lowest BCUT2D eigenvalue weighted by molar-refractivity contribution is -0.0229. The van der Waals surface area contributed by atoms with Gasteiger partial charge in [0, 0.05) is 22.4 Å². The van der Waals surface area contributed by atoms with Crippen LogP contribution < -0.4 is 0 Å². The summed E-state index contributed by atoms with van der Waals surface area (Å²) in [6.07, 6.45) is -0.352. The van der Waals surface area contributed by atoms with Crippen molar-refractivity contribution in [3.63, 3.8) is 0 Å². The Labute approximate surface area is 101 Å². The Morgan fingerprint density at radius 3 is 2.69 bits per heavy atom. The molecule has 4 atom stereocenters. The average Bonchev–Trinajstić information content (AvgIpc) is 2.57. The van der Waals surface area contributed by atoms with Crippen molar-refractivity contribution >= 4 is 15.9 Å². The van der Waals surface area contributed by atoms with Crippen LogP contribution in [0.25, 0.3) is 0 Å². The molecule has 2 heterocycles. The predicted octanol–water partition coefficient (Wildman–Crippen LogP) is -0.00190. The summed E-state index contributed by atoms with van der Waals surface area (Å²) < 4.78 is 6.09. The maximum Gasteiger partial charge on any atom is 0.113 e. The summed E-state index contributed by atoms with van der Waals surface area (Å²) in [6, 6.07) is 1.70. The Morgan fingerprint density at radius 1 is 1.38 bits per heavy atom. The van der Waals surface area contributed by atoms with Gasteiger partial charge in [0.1, 0.15) is 24.4 Å². The van der Waals surface area contributed by atoms with Crippen molar-refractivity contribution in [1.82, 2.24) is 4.98 Å². The molecule has 1 aliphatic rings. The van der Waals surface area contributed by atoms with Crippen molar-refractivity contribution in [3.8, 4) is 0 Å². The van der Waals surface area contributed by atoms with E-state index < -0.39 is 24.4 Å². The van der Waals surface area contributed by atoms with Crippen LogP contribution in [-0.4, -0.2) is 45.2 Å². The number of aliphatic hydroxyl groups excluding tert-OH is 3. The number of nitrogens with zero attached hydrogens (tertiary/aromatic N) is 1. The molecular weight excluding hydrogens is 278 g/mol. The summed E-state index contributed by atoms with van der Waals surface area (Å²) in [5.41, 5.74) is 0.706. The largest absolute Gasteiger partial charge is 0.394 e. The van der Waals surface area contributed by atoms with E-state index >= 15 is 0 Å². The van der Waals surface area contributed by atoms with Gasteiger partial charge in [-0.15, -0.1) is 0 Å². The summed E-state index contributed by atoms with van der Waals surface area (Å²) >= 11 is 3.30. The Morgan fingerprint density at radius 2 is 2.12 bits per heavy atom. The van der Waals surface area contributed by atoms with Crippen molar-refractivity contribution in [3.05, 3.63) is 28.5 Å². The first kappa shape index (κ1) is 11.9. The molecule has 0 bridgehead atoms. The van der Waals surface area contributed by atoms with Gasteiger partial charge in [-0.25, -0.2) is 0 Å². The lowest BCUT2D eigenvalue weighted by Gasteiger charge is -2.15. The molecule has 88 valence electrons. The summed E-state index contributed by atoms with van der Waals surface area (Å²) in [6.45, 7) is -0.322. The second-order valence-corrected chi connectivity index (χ2v) is 4.51. The summed E-state index contributed by atoms with van der Waals surface area (Å²) in [5, 5.41) is 28.4. The van der Waals surface area contributed by atoms with Crippen molar-refractivity contribution in [2.75, 3.05) is 6.61 Å². The van der Waals surface area contributed by atoms with Crippen molar-refractivity contribution in [2.45, 2.75) is 24.4 Å². The highest BCUT2D eigenvalue weighted by atomic mass is 79.9. The smallest absolute Gasteiger partial charge is 0.113 e. The van der Waals surface area contributed by atoms with E-state index in [4.69, 9.17) is 9.84 Å². The molecule has 1 aromatic heterocycles. The van der Waals surface area contributed by atoms with Gasteiger partial charge in [-0.2, -0.15) is 0 Å². The highest BCUT2D eigenvalue weighted by Crippen LogP contribution is 2.36. The lowest BCUT2D eigenvalue weighted by Crippen LogP contribution is -2.32. The van der Waals surface area contributed by atoms with E-state index in [1.165, 1.54) is 0 Å². The Kier molecular flexibility index (Phi) is 3.56.